The topological polar surface area (TPSA) is 15.3 Å². The van der Waals surface area contributed by atoms with Crippen LogP contribution in [0.5, 0.6) is 0 Å². The van der Waals surface area contributed by atoms with E-state index < -0.39 is 0 Å². The largest absolute Gasteiger partial charge is 0.313 e. The zero-order valence-corrected chi connectivity index (χ0v) is 11.1. The van der Waals surface area contributed by atoms with Crippen molar-refractivity contribution >= 4 is 0 Å². The summed E-state index contributed by atoms with van der Waals surface area (Å²) in [5.41, 5.74) is 0.697. The van der Waals surface area contributed by atoms with Gasteiger partial charge in [-0.2, -0.15) is 0 Å². The number of hydrogen-bond acceptors (Lipinski definition) is 2. The normalized spacial score (nSPS) is 29.2. The lowest BCUT2D eigenvalue weighted by Gasteiger charge is -2.51. The number of nitrogens with zero attached hydrogens (tertiary/aromatic N) is 1. The van der Waals surface area contributed by atoms with Crippen LogP contribution < -0.4 is 5.32 Å². The third-order valence-electron chi connectivity index (χ3n) is 4.32. The van der Waals surface area contributed by atoms with Crippen molar-refractivity contribution in [1.82, 2.24) is 10.2 Å². The van der Waals surface area contributed by atoms with E-state index in [2.05, 4.69) is 24.1 Å². The van der Waals surface area contributed by atoms with Gasteiger partial charge in [0.05, 0.1) is 0 Å². The van der Waals surface area contributed by atoms with Gasteiger partial charge < -0.3 is 10.2 Å². The lowest BCUT2D eigenvalue weighted by atomic mass is 9.72. The van der Waals surface area contributed by atoms with Crippen molar-refractivity contribution in [3.8, 4) is 0 Å². The number of hydrogen-bond donors (Lipinski definition) is 1. The summed E-state index contributed by atoms with van der Waals surface area (Å²) in [6, 6.07) is 0.793. The molecule has 0 saturated carbocycles. The van der Waals surface area contributed by atoms with Crippen molar-refractivity contribution in [1.29, 1.82) is 0 Å². The van der Waals surface area contributed by atoms with E-state index in [0.29, 0.717) is 5.41 Å². The van der Waals surface area contributed by atoms with E-state index >= 15 is 0 Å². The van der Waals surface area contributed by atoms with Gasteiger partial charge in [-0.25, -0.2) is 0 Å². The SMILES string of the molecule is CCCC1(CCC)CN(CC2CCCN2)C1. The third kappa shape index (κ3) is 2.78. The molecule has 1 unspecified atom stereocenters. The highest BCUT2D eigenvalue weighted by Gasteiger charge is 2.41. The van der Waals surface area contributed by atoms with Gasteiger partial charge >= 0.3 is 0 Å². The Kier molecular flexibility index (Phi) is 4.26. The molecule has 1 N–H and O–H groups in total. The molecule has 2 rings (SSSR count). The monoisotopic (exact) mass is 224 g/mol. The molecular formula is C14H28N2. The highest BCUT2D eigenvalue weighted by atomic mass is 15.2. The summed E-state index contributed by atoms with van der Waals surface area (Å²) < 4.78 is 0. The Bertz CT molecular complexity index is 195. The molecule has 2 fully saturated rings. The predicted octanol–water partition coefficient (Wildman–Crippen LogP) is 2.64. The van der Waals surface area contributed by atoms with Crippen molar-refractivity contribution in [2.75, 3.05) is 26.2 Å². The maximum Gasteiger partial charge on any atom is 0.0195 e. The summed E-state index contributed by atoms with van der Waals surface area (Å²) in [5, 5.41) is 3.61. The Morgan fingerprint density at radius 1 is 1.19 bits per heavy atom. The second-order valence-corrected chi connectivity index (χ2v) is 5.96. The molecule has 0 aromatic heterocycles. The van der Waals surface area contributed by atoms with Gasteiger partial charge in [-0.05, 0) is 37.6 Å². The molecule has 2 heteroatoms. The van der Waals surface area contributed by atoms with E-state index in [1.807, 2.05) is 0 Å². The molecule has 2 heterocycles. The van der Waals surface area contributed by atoms with Crippen molar-refractivity contribution in [3.05, 3.63) is 0 Å². The zero-order chi connectivity index (χ0) is 11.4. The van der Waals surface area contributed by atoms with E-state index in [4.69, 9.17) is 0 Å². The number of nitrogens with one attached hydrogen (secondary N) is 1. The molecule has 0 aromatic rings. The fourth-order valence-electron chi connectivity index (χ4n) is 3.76. The summed E-state index contributed by atoms with van der Waals surface area (Å²) in [6.45, 7) is 9.94. The van der Waals surface area contributed by atoms with Gasteiger partial charge in [-0.1, -0.05) is 26.7 Å². The first-order chi connectivity index (χ1) is 7.78. The van der Waals surface area contributed by atoms with Crippen LogP contribution in [0.4, 0.5) is 0 Å². The van der Waals surface area contributed by atoms with Crippen LogP contribution in [-0.2, 0) is 0 Å². The number of likely N-dealkylation sites (tertiary alicyclic amines) is 1. The molecule has 0 radical (unpaired) electrons. The third-order valence-corrected chi connectivity index (χ3v) is 4.32. The average Bonchev–Trinajstić information content (AvgIpc) is 2.68. The zero-order valence-electron chi connectivity index (χ0n) is 11.1. The molecule has 2 aliphatic rings. The summed E-state index contributed by atoms with van der Waals surface area (Å²) >= 11 is 0. The average molecular weight is 224 g/mol. The lowest BCUT2D eigenvalue weighted by Crippen LogP contribution is -2.58. The minimum absolute atomic E-state index is 0.697. The Morgan fingerprint density at radius 2 is 1.88 bits per heavy atom. The van der Waals surface area contributed by atoms with Crippen molar-refractivity contribution in [3.63, 3.8) is 0 Å². The van der Waals surface area contributed by atoms with Gasteiger partial charge in [-0.3, -0.25) is 0 Å². The van der Waals surface area contributed by atoms with Crippen LogP contribution in [0, 0.1) is 5.41 Å². The highest BCUT2D eigenvalue weighted by Crippen LogP contribution is 2.39. The summed E-state index contributed by atoms with van der Waals surface area (Å²) in [5.74, 6) is 0. The molecule has 1 atom stereocenters. The first kappa shape index (κ1) is 12.4. The van der Waals surface area contributed by atoms with Gasteiger partial charge in [0.25, 0.3) is 0 Å². The van der Waals surface area contributed by atoms with Crippen LogP contribution in [-0.4, -0.2) is 37.1 Å². The van der Waals surface area contributed by atoms with Crippen molar-refractivity contribution in [2.24, 2.45) is 5.41 Å². The molecule has 0 aromatic carbocycles. The van der Waals surface area contributed by atoms with Crippen LogP contribution in [0.25, 0.3) is 0 Å². The minimum Gasteiger partial charge on any atom is -0.313 e. The molecule has 2 saturated heterocycles. The van der Waals surface area contributed by atoms with E-state index in [0.717, 1.165) is 6.04 Å². The maximum absolute atomic E-state index is 3.61. The predicted molar refractivity (Wildman–Crippen MR) is 69.7 cm³/mol. The quantitative estimate of drug-likeness (QED) is 0.746. The van der Waals surface area contributed by atoms with Crippen molar-refractivity contribution < 1.29 is 0 Å². The van der Waals surface area contributed by atoms with E-state index in [1.165, 1.54) is 64.7 Å². The van der Waals surface area contributed by atoms with Gasteiger partial charge in [0.2, 0.25) is 0 Å². The maximum atomic E-state index is 3.61. The molecule has 2 nitrogen and oxygen atoms in total. The number of rotatable bonds is 6. The van der Waals surface area contributed by atoms with Gasteiger partial charge in [0.1, 0.15) is 0 Å². The van der Waals surface area contributed by atoms with Crippen molar-refractivity contribution in [2.45, 2.75) is 58.4 Å². The molecule has 0 bridgehead atoms. The smallest absolute Gasteiger partial charge is 0.0195 e. The van der Waals surface area contributed by atoms with E-state index in [9.17, 15) is 0 Å². The highest BCUT2D eigenvalue weighted by molar-refractivity contribution is 4.96. The van der Waals surface area contributed by atoms with Crippen LogP contribution in [0.1, 0.15) is 52.4 Å². The van der Waals surface area contributed by atoms with Crippen LogP contribution in [0.2, 0.25) is 0 Å². The van der Waals surface area contributed by atoms with Gasteiger partial charge in [0, 0.05) is 25.7 Å². The second kappa shape index (κ2) is 5.50. The Balaban J connectivity index is 1.72. The van der Waals surface area contributed by atoms with Gasteiger partial charge in [0.15, 0.2) is 0 Å². The molecular weight excluding hydrogens is 196 g/mol. The molecule has 0 aliphatic carbocycles. The van der Waals surface area contributed by atoms with Gasteiger partial charge in [-0.15, -0.1) is 0 Å². The Morgan fingerprint density at radius 3 is 2.38 bits per heavy atom. The summed E-state index contributed by atoms with van der Waals surface area (Å²) in [6.07, 6.45) is 8.37. The Hall–Kier alpha value is -0.0800. The minimum atomic E-state index is 0.697. The summed E-state index contributed by atoms with van der Waals surface area (Å²) in [4.78, 5) is 2.67. The van der Waals surface area contributed by atoms with Crippen LogP contribution in [0.3, 0.4) is 0 Å². The molecule has 16 heavy (non-hydrogen) atoms. The van der Waals surface area contributed by atoms with Crippen LogP contribution in [0.15, 0.2) is 0 Å². The first-order valence-electron chi connectivity index (χ1n) is 7.24. The Labute approximate surface area is 101 Å². The van der Waals surface area contributed by atoms with E-state index in [-0.39, 0.29) is 0 Å². The summed E-state index contributed by atoms with van der Waals surface area (Å²) in [7, 11) is 0. The molecule has 94 valence electrons. The molecule has 0 amide bonds. The standard InChI is InChI=1S/C14H28N2/c1-3-7-14(8-4-2)11-16(12-14)10-13-6-5-9-15-13/h13,15H,3-12H2,1-2H3. The first-order valence-corrected chi connectivity index (χ1v) is 7.24. The van der Waals surface area contributed by atoms with E-state index in [1.54, 1.807) is 0 Å². The fraction of sp³-hybridized carbons (Fsp3) is 1.00. The lowest BCUT2D eigenvalue weighted by molar-refractivity contribution is -0.0188. The van der Waals surface area contributed by atoms with Crippen LogP contribution >= 0.6 is 0 Å². The molecule has 0 spiro atoms. The second-order valence-electron chi connectivity index (χ2n) is 5.96. The molecule has 2 aliphatic heterocycles. The fourth-order valence-corrected chi connectivity index (χ4v) is 3.76.